The van der Waals surface area contributed by atoms with Crippen LogP contribution in [-0.2, 0) is 4.79 Å². The lowest BCUT2D eigenvalue weighted by molar-refractivity contribution is -0.134. The fourth-order valence-electron chi connectivity index (χ4n) is 3.59. The zero-order valence-electron chi connectivity index (χ0n) is 11.5. The molecule has 2 bridgehead atoms. The van der Waals surface area contributed by atoms with Crippen molar-refractivity contribution in [2.75, 3.05) is 0 Å². The first-order valence-corrected chi connectivity index (χ1v) is 6.96. The minimum atomic E-state index is -0.838. The van der Waals surface area contributed by atoms with Gasteiger partial charge in [-0.1, -0.05) is 37.3 Å². The molecule has 1 aromatic carbocycles. The summed E-state index contributed by atoms with van der Waals surface area (Å²) in [5.74, 6) is -0.153. The van der Waals surface area contributed by atoms with Gasteiger partial charge in [-0.15, -0.1) is 0 Å². The third-order valence-corrected chi connectivity index (χ3v) is 4.95. The van der Waals surface area contributed by atoms with Crippen molar-refractivity contribution in [2.45, 2.75) is 38.7 Å². The van der Waals surface area contributed by atoms with Crippen molar-refractivity contribution in [3.05, 3.63) is 42.0 Å². The molecule has 1 aromatic rings. The topological polar surface area (TPSA) is 37.3 Å². The highest BCUT2D eigenvalue weighted by atomic mass is 16.3. The van der Waals surface area contributed by atoms with Crippen molar-refractivity contribution >= 4 is 11.4 Å². The summed E-state index contributed by atoms with van der Waals surface area (Å²) in [5, 5.41) is 10.4. The quantitative estimate of drug-likeness (QED) is 0.837. The summed E-state index contributed by atoms with van der Waals surface area (Å²) in [6.07, 6.45) is 4.17. The van der Waals surface area contributed by atoms with Crippen molar-refractivity contribution in [1.82, 2.24) is 0 Å². The Bertz CT molecular complexity index is 542. The molecular formula is C17H20O2. The zero-order chi connectivity index (χ0) is 13.7. The molecule has 2 aliphatic carbocycles. The van der Waals surface area contributed by atoms with Crippen molar-refractivity contribution in [3.8, 4) is 0 Å². The third kappa shape index (κ3) is 1.95. The average Bonchev–Trinajstić information content (AvgIpc) is 2.39. The Morgan fingerprint density at radius 3 is 2.53 bits per heavy atom. The molecule has 0 saturated heterocycles. The van der Waals surface area contributed by atoms with Crippen molar-refractivity contribution < 1.29 is 9.90 Å². The number of benzene rings is 1. The molecule has 19 heavy (non-hydrogen) atoms. The Kier molecular flexibility index (Phi) is 2.68. The molecule has 3 rings (SSSR count). The van der Waals surface area contributed by atoms with Crippen LogP contribution in [0.3, 0.4) is 0 Å². The molecule has 0 aliphatic heterocycles. The molecule has 0 aromatic heterocycles. The van der Waals surface area contributed by atoms with Crippen LogP contribution in [0.25, 0.3) is 5.57 Å². The van der Waals surface area contributed by atoms with E-state index in [2.05, 4.69) is 19.1 Å². The van der Waals surface area contributed by atoms with Crippen LogP contribution in [-0.4, -0.2) is 16.5 Å². The van der Waals surface area contributed by atoms with Gasteiger partial charge in [0.15, 0.2) is 5.78 Å². The van der Waals surface area contributed by atoms with E-state index >= 15 is 0 Å². The first-order chi connectivity index (χ1) is 8.92. The number of carbonyl (C=O) groups is 1. The lowest BCUT2D eigenvalue weighted by Crippen LogP contribution is -2.49. The van der Waals surface area contributed by atoms with Gasteiger partial charge in [0.25, 0.3) is 0 Å². The second kappa shape index (κ2) is 4.04. The lowest BCUT2D eigenvalue weighted by Gasteiger charge is -2.49. The largest absolute Gasteiger partial charge is 0.389 e. The van der Waals surface area contributed by atoms with Gasteiger partial charge in [0.05, 0.1) is 11.5 Å². The number of aliphatic hydroxyl groups is 1. The van der Waals surface area contributed by atoms with Crippen LogP contribution in [0, 0.1) is 11.3 Å². The predicted octanol–water partition coefficient (Wildman–Crippen LogP) is 3.21. The minimum Gasteiger partial charge on any atom is -0.389 e. The molecule has 1 saturated carbocycles. The normalized spacial score (nSPS) is 37.9. The van der Waals surface area contributed by atoms with Gasteiger partial charge in [-0.2, -0.15) is 0 Å². The monoisotopic (exact) mass is 256 g/mol. The summed E-state index contributed by atoms with van der Waals surface area (Å²) in [5.41, 5.74) is 1.46. The maximum atomic E-state index is 12.3. The van der Waals surface area contributed by atoms with Crippen molar-refractivity contribution in [1.29, 1.82) is 0 Å². The van der Waals surface area contributed by atoms with Gasteiger partial charge in [-0.3, -0.25) is 4.79 Å². The molecule has 1 unspecified atom stereocenters. The van der Waals surface area contributed by atoms with E-state index < -0.39 is 5.60 Å². The summed E-state index contributed by atoms with van der Waals surface area (Å²) < 4.78 is 0. The van der Waals surface area contributed by atoms with Crippen LogP contribution < -0.4 is 0 Å². The van der Waals surface area contributed by atoms with Crippen LogP contribution in [0.2, 0.25) is 0 Å². The summed E-state index contributed by atoms with van der Waals surface area (Å²) in [7, 11) is 0. The smallest absolute Gasteiger partial charge is 0.161 e. The third-order valence-electron chi connectivity index (χ3n) is 4.95. The molecule has 0 heterocycles. The van der Waals surface area contributed by atoms with Crippen LogP contribution in [0.4, 0.5) is 0 Å². The number of hydrogen-bond acceptors (Lipinski definition) is 2. The number of rotatable bonds is 1. The molecule has 0 spiro atoms. The summed E-state index contributed by atoms with van der Waals surface area (Å²) in [6.45, 7) is 4.02. The van der Waals surface area contributed by atoms with E-state index in [1.54, 1.807) is 13.0 Å². The van der Waals surface area contributed by atoms with Gasteiger partial charge in [-0.05, 0) is 48.8 Å². The Morgan fingerprint density at radius 2 is 1.84 bits per heavy atom. The number of ketones is 1. The highest BCUT2D eigenvalue weighted by Gasteiger charge is 2.50. The van der Waals surface area contributed by atoms with Crippen LogP contribution in [0.5, 0.6) is 0 Å². The van der Waals surface area contributed by atoms with E-state index in [0.29, 0.717) is 6.42 Å². The lowest BCUT2D eigenvalue weighted by atomic mass is 9.56. The highest BCUT2D eigenvalue weighted by Crippen LogP contribution is 2.54. The zero-order valence-corrected chi connectivity index (χ0v) is 11.5. The van der Waals surface area contributed by atoms with E-state index in [1.165, 1.54) is 0 Å². The SMILES string of the molecule is CC1(O)CC[C@]2(C)C[C@H]1C(=O)C=C2c1ccccc1. The molecule has 0 radical (unpaired) electrons. The molecule has 0 amide bonds. The average molecular weight is 256 g/mol. The standard InChI is InChI=1S/C17H20O2/c1-16-8-9-17(2,19)14(11-16)15(18)10-13(16)12-6-4-3-5-7-12/h3-7,10,14,19H,8-9,11H2,1-2H3/t14-,16+,17?/m0/s1. The molecule has 100 valence electrons. The second-order valence-electron chi connectivity index (χ2n) is 6.50. The first-order valence-electron chi connectivity index (χ1n) is 6.96. The molecule has 2 nitrogen and oxygen atoms in total. The number of hydrogen-bond donors (Lipinski definition) is 1. The maximum Gasteiger partial charge on any atom is 0.161 e. The van der Waals surface area contributed by atoms with Gasteiger partial charge in [-0.25, -0.2) is 0 Å². The van der Waals surface area contributed by atoms with Crippen LogP contribution in [0.1, 0.15) is 38.7 Å². The molecule has 1 N–H and O–H groups in total. The van der Waals surface area contributed by atoms with Gasteiger partial charge in [0, 0.05) is 0 Å². The molecular weight excluding hydrogens is 236 g/mol. The van der Waals surface area contributed by atoms with Gasteiger partial charge in [0.1, 0.15) is 0 Å². The Morgan fingerprint density at radius 1 is 1.16 bits per heavy atom. The van der Waals surface area contributed by atoms with E-state index in [9.17, 15) is 9.90 Å². The molecule has 2 heteroatoms. The molecule has 2 aliphatic rings. The summed E-state index contributed by atoms with van der Waals surface area (Å²) in [6, 6.07) is 10.1. The van der Waals surface area contributed by atoms with E-state index in [1.807, 2.05) is 18.2 Å². The van der Waals surface area contributed by atoms with Crippen molar-refractivity contribution in [3.63, 3.8) is 0 Å². The summed E-state index contributed by atoms with van der Waals surface area (Å²) in [4.78, 5) is 12.3. The molecule has 1 fully saturated rings. The minimum absolute atomic E-state index is 0.0160. The van der Waals surface area contributed by atoms with E-state index in [0.717, 1.165) is 24.0 Å². The van der Waals surface area contributed by atoms with Crippen molar-refractivity contribution in [2.24, 2.45) is 11.3 Å². The van der Waals surface area contributed by atoms with Gasteiger partial charge >= 0.3 is 0 Å². The van der Waals surface area contributed by atoms with Crippen LogP contribution in [0.15, 0.2) is 36.4 Å². The molecule has 3 atom stereocenters. The number of carbonyl (C=O) groups excluding carboxylic acids is 1. The second-order valence-corrected chi connectivity index (χ2v) is 6.50. The number of allylic oxidation sites excluding steroid dienone is 2. The fraction of sp³-hybridized carbons (Fsp3) is 0.471. The maximum absolute atomic E-state index is 12.3. The Hall–Kier alpha value is -1.41. The van der Waals surface area contributed by atoms with Gasteiger partial charge < -0.3 is 5.11 Å². The van der Waals surface area contributed by atoms with E-state index in [4.69, 9.17) is 0 Å². The summed E-state index contributed by atoms with van der Waals surface area (Å²) >= 11 is 0. The predicted molar refractivity (Wildman–Crippen MR) is 75.5 cm³/mol. The number of fused-ring (bicyclic) bond motifs is 2. The first kappa shape index (κ1) is 12.6. The van der Waals surface area contributed by atoms with E-state index in [-0.39, 0.29) is 17.1 Å². The Balaban J connectivity index is 2.08. The fourth-order valence-corrected chi connectivity index (χ4v) is 3.59. The van der Waals surface area contributed by atoms with Crippen LogP contribution >= 0.6 is 0 Å². The highest BCUT2D eigenvalue weighted by molar-refractivity contribution is 6.02. The Labute approximate surface area is 114 Å². The van der Waals surface area contributed by atoms with Gasteiger partial charge in [0.2, 0.25) is 0 Å².